The number of aliphatic hydroxyl groups is 1. The molecule has 1 aliphatic heterocycles. The molecule has 6 rings (SSSR count). The van der Waals surface area contributed by atoms with Crippen molar-refractivity contribution in [3.63, 3.8) is 0 Å². The summed E-state index contributed by atoms with van der Waals surface area (Å²) in [5, 5.41) is 15.9. The van der Waals surface area contributed by atoms with Gasteiger partial charge in [-0.15, -0.1) is 6.42 Å². The van der Waals surface area contributed by atoms with Crippen molar-refractivity contribution in [1.29, 1.82) is 0 Å². The first-order valence-electron chi connectivity index (χ1n) is 15.3. The van der Waals surface area contributed by atoms with Crippen LogP contribution in [0.15, 0.2) is 88.6 Å². The van der Waals surface area contributed by atoms with E-state index in [2.05, 4.69) is 26.0 Å². The van der Waals surface area contributed by atoms with Crippen LogP contribution in [0.1, 0.15) is 35.0 Å². The predicted molar refractivity (Wildman–Crippen MR) is 181 cm³/mol. The van der Waals surface area contributed by atoms with Gasteiger partial charge in [0, 0.05) is 20.5 Å². The largest absolute Gasteiger partial charge is 0.497 e. The normalized spacial score (nSPS) is 17.9. The highest BCUT2D eigenvalue weighted by Gasteiger charge is 2.42. The van der Waals surface area contributed by atoms with E-state index in [4.69, 9.17) is 25.4 Å². The number of aromatic nitrogens is 4. The molecule has 0 spiro atoms. The zero-order valence-corrected chi connectivity index (χ0v) is 27.0. The smallest absolute Gasteiger partial charge is 0.264 e. The third-order valence-corrected chi connectivity index (χ3v) is 8.21. The van der Waals surface area contributed by atoms with Gasteiger partial charge in [0.1, 0.15) is 34.3 Å². The fraction of sp³-hybridized carbons (Fsp3) is 0.278. The molecular weight excluding hydrogens is 612 g/mol. The third kappa shape index (κ3) is 6.14. The SMILES string of the molecule is C#Cc1nn([C@H]2C[C@H](O)[C@@H](COC(c3ccccc3)(c3ccc(OC)cc3)c3ccc(OC)cc3)O2)c2nc(/N=C/N(C)C)[nH]c(=O)c12. The summed E-state index contributed by atoms with van der Waals surface area (Å²) in [6, 6.07) is 25.2. The van der Waals surface area contributed by atoms with Crippen molar-refractivity contribution in [3.05, 3.63) is 112 Å². The fourth-order valence-corrected chi connectivity index (χ4v) is 5.86. The Morgan fingerprint density at radius 3 is 2.21 bits per heavy atom. The molecule has 2 aromatic heterocycles. The summed E-state index contributed by atoms with van der Waals surface area (Å²) in [6.45, 7) is -0.00178. The van der Waals surface area contributed by atoms with E-state index in [-0.39, 0.29) is 35.7 Å². The number of nitrogens with zero attached hydrogens (tertiary/aromatic N) is 5. The number of rotatable bonds is 11. The van der Waals surface area contributed by atoms with Gasteiger partial charge in [0.15, 0.2) is 11.9 Å². The van der Waals surface area contributed by atoms with Crippen LogP contribution in [0.5, 0.6) is 11.5 Å². The Bertz CT molecular complexity index is 1950. The second kappa shape index (κ2) is 13.7. The molecular formula is C36H36N6O6. The Hall–Kier alpha value is -5.48. The van der Waals surface area contributed by atoms with Crippen molar-refractivity contribution in [1.82, 2.24) is 24.6 Å². The Labute approximate surface area is 277 Å². The average molecular weight is 649 g/mol. The maximum atomic E-state index is 13.0. The summed E-state index contributed by atoms with van der Waals surface area (Å²) in [5.41, 5.74) is 1.28. The van der Waals surface area contributed by atoms with Crippen LogP contribution in [0.3, 0.4) is 0 Å². The first-order valence-corrected chi connectivity index (χ1v) is 15.3. The first kappa shape index (κ1) is 32.5. The van der Waals surface area contributed by atoms with Crippen molar-refractivity contribution >= 4 is 23.3 Å². The third-order valence-electron chi connectivity index (χ3n) is 8.21. The summed E-state index contributed by atoms with van der Waals surface area (Å²) >= 11 is 0. The lowest BCUT2D eigenvalue weighted by atomic mass is 9.80. The van der Waals surface area contributed by atoms with Crippen LogP contribution in [0.2, 0.25) is 0 Å². The van der Waals surface area contributed by atoms with E-state index >= 15 is 0 Å². The molecule has 12 heteroatoms. The average Bonchev–Trinajstić information content (AvgIpc) is 3.68. The van der Waals surface area contributed by atoms with Crippen LogP contribution in [-0.4, -0.2) is 83.2 Å². The van der Waals surface area contributed by atoms with Gasteiger partial charge < -0.3 is 29.0 Å². The van der Waals surface area contributed by atoms with E-state index in [9.17, 15) is 9.90 Å². The molecule has 3 atom stereocenters. The lowest BCUT2D eigenvalue weighted by Gasteiger charge is -2.37. The molecule has 1 aliphatic rings. The highest BCUT2D eigenvalue weighted by molar-refractivity contribution is 5.81. The number of hydrogen-bond donors (Lipinski definition) is 2. The van der Waals surface area contributed by atoms with Gasteiger partial charge in [-0.2, -0.15) is 10.1 Å². The number of aliphatic hydroxyl groups excluding tert-OH is 1. The Morgan fingerprint density at radius 1 is 1.04 bits per heavy atom. The van der Waals surface area contributed by atoms with Gasteiger partial charge in [-0.05, 0) is 46.9 Å². The summed E-state index contributed by atoms with van der Waals surface area (Å²) in [7, 11) is 6.83. The molecule has 0 bridgehead atoms. The number of hydrogen-bond acceptors (Lipinski definition) is 9. The van der Waals surface area contributed by atoms with Crippen LogP contribution in [0.4, 0.5) is 5.95 Å². The molecule has 5 aromatic rings. The van der Waals surface area contributed by atoms with Crippen LogP contribution in [-0.2, 0) is 15.1 Å². The van der Waals surface area contributed by atoms with Gasteiger partial charge in [0.25, 0.3) is 5.56 Å². The fourth-order valence-electron chi connectivity index (χ4n) is 5.86. The number of H-pyrrole nitrogens is 1. The minimum atomic E-state index is -1.11. The van der Waals surface area contributed by atoms with Gasteiger partial charge in [0.2, 0.25) is 5.95 Å². The summed E-state index contributed by atoms with van der Waals surface area (Å²) < 4.78 is 25.7. The molecule has 0 aliphatic carbocycles. The van der Waals surface area contributed by atoms with E-state index in [1.807, 2.05) is 78.9 Å². The molecule has 3 aromatic carbocycles. The van der Waals surface area contributed by atoms with Crippen molar-refractivity contribution in [2.75, 3.05) is 34.9 Å². The lowest BCUT2D eigenvalue weighted by molar-refractivity contribution is -0.0950. The van der Waals surface area contributed by atoms with Gasteiger partial charge in [-0.1, -0.05) is 54.6 Å². The molecule has 0 saturated carbocycles. The molecule has 12 nitrogen and oxygen atoms in total. The number of ether oxygens (including phenoxy) is 4. The maximum absolute atomic E-state index is 13.0. The number of methoxy groups -OCH3 is 2. The number of terminal acetylenes is 1. The molecule has 0 unspecified atom stereocenters. The highest BCUT2D eigenvalue weighted by Crippen LogP contribution is 2.43. The summed E-state index contributed by atoms with van der Waals surface area (Å²) in [5.74, 6) is 3.95. The van der Waals surface area contributed by atoms with Crippen LogP contribution in [0.25, 0.3) is 11.0 Å². The van der Waals surface area contributed by atoms with Crippen molar-refractivity contribution < 1.29 is 24.1 Å². The monoisotopic (exact) mass is 648 g/mol. The van der Waals surface area contributed by atoms with Gasteiger partial charge in [-0.25, -0.2) is 9.67 Å². The molecule has 48 heavy (non-hydrogen) atoms. The second-order valence-corrected chi connectivity index (χ2v) is 11.5. The topological polar surface area (TPSA) is 136 Å². The molecule has 1 saturated heterocycles. The van der Waals surface area contributed by atoms with Crippen molar-refractivity contribution in [2.24, 2.45) is 4.99 Å². The number of fused-ring (bicyclic) bond motifs is 1. The first-order chi connectivity index (χ1) is 23.3. The Kier molecular flexibility index (Phi) is 9.27. The van der Waals surface area contributed by atoms with Crippen molar-refractivity contribution in [2.45, 2.75) is 30.5 Å². The number of nitrogens with one attached hydrogen (secondary N) is 1. The Morgan fingerprint density at radius 2 is 1.65 bits per heavy atom. The van der Waals surface area contributed by atoms with Gasteiger partial charge >= 0.3 is 0 Å². The van der Waals surface area contributed by atoms with Crippen LogP contribution >= 0.6 is 0 Å². The van der Waals surface area contributed by atoms with E-state index in [0.29, 0.717) is 11.5 Å². The zero-order chi connectivity index (χ0) is 33.8. The summed E-state index contributed by atoms with van der Waals surface area (Å²) in [4.78, 5) is 26.1. The van der Waals surface area contributed by atoms with Crippen LogP contribution in [0, 0.1) is 12.3 Å². The molecule has 0 radical (unpaired) electrons. The number of benzene rings is 3. The number of aliphatic imine (C=N–C) groups is 1. The molecule has 3 heterocycles. The van der Waals surface area contributed by atoms with E-state index in [1.54, 1.807) is 33.2 Å². The molecule has 246 valence electrons. The van der Waals surface area contributed by atoms with E-state index < -0.39 is 29.6 Å². The van der Waals surface area contributed by atoms with Crippen molar-refractivity contribution in [3.8, 4) is 23.8 Å². The molecule has 0 amide bonds. The van der Waals surface area contributed by atoms with Gasteiger partial charge in [0.05, 0.1) is 33.3 Å². The highest BCUT2D eigenvalue weighted by atomic mass is 16.6. The molecule has 1 fully saturated rings. The standard InChI is InChI=1S/C36H36N6O6/c1-6-28-32-33(38-35(39-34(32)44)37-22-41(2)3)42(40-28)31-20-29(43)30(48-31)21-47-36(23-10-8-7-9-11-23,24-12-16-26(45-4)17-13-24)25-14-18-27(46-5)19-15-25/h1,7-19,22,29-31,43H,20-21H2,2-5H3,(H,38,39,44)/b37-22+/t29-,30+,31+/m0/s1. The summed E-state index contributed by atoms with van der Waals surface area (Å²) in [6.07, 6.45) is 4.90. The lowest BCUT2D eigenvalue weighted by Crippen LogP contribution is -2.38. The maximum Gasteiger partial charge on any atom is 0.264 e. The Balaban J connectivity index is 1.37. The minimum absolute atomic E-state index is 0.00178. The zero-order valence-electron chi connectivity index (χ0n) is 27.0. The quantitative estimate of drug-likeness (QED) is 0.0943. The number of aromatic amines is 1. The van der Waals surface area contributed by atoms with E-state index in [1.165, 1.54) is 11.0 Å². The molecule has 2 N–H and O–H groups in total. The van der Waals surface area contributed by atoms with Crippen LogP contribution < -0.4 is 15.0 Å². The minimum Gasteiger partial charge on any atom is -0.497 e. The van der Waals surface area contributed by atoms with Gasteiger partial charge in [-0.3, -0.25) is 9.78 Å². The second-order valence-electron chi connectivity index (χ2n) is 11.5. The predicted octanol–water partition coefficient (Wildman–Crippen LogP) is 4.00. The van der Waals surface area contributed by atoms with E-state index in [0.717, 1.165) is 16.7 Å².